The number of hydrogen-bond acceptors (Lipinski definition) is 9. The third-order valence-electron chi connectivity index (χ3n) is 15.2. The number of carbonyl (C=O) groups is 3. The topological polar surface area (TPSA) is 163 Å². The van der Waals surface area contributed by atoms with Gasteiger partial charge in [0.05, 0.1) is 23.7 Å². The summed E-state index contributed by atoms with van der Waals surface area (Å²) in [5.74, 6) is 0.557. The molecule has 1 fully saturated rings. The standard InChI is InChI=1S/C65H78N6O7Si/c1-46(67-44-59(78-79(5,6)65(2,3)4)55-28-30-58(63-56(55)29-31-61(73)70-63)76-45-50-16-9-7-10-17-50)40-51-19-15-18-47(41-51)32-36-66-62(74)42-48-24-26-49(27-25-48)43-68-60(72)35-39-71-37-33-53(34-38-71)77-64(75)69-57-23-14-13-22-54(57)52-20-11-8-12-21-52/h7-31,41,46,53,59,67H,32-40,42-45H2,1-6H3,(H,66,74)(H,68,72)(H,69,75)(H,70,73)/t46-,59-/m1/s1. The van der Waals surface area contributed by atoms with E-state index in [-0.39, 0.29) is 47.1 Å². The molecule has 0 bridgehead atoms. The summed E-state index contributed by atoms with van der Waals surface area (Å²) >= 11 is 0. The Morgan fingerprint density at radius 2 is 1.42 bits per heavy atom. The van der Waals surface area contributed by atoms with Crippen LogP contribution in [-0.2, 0) is 51.2 Å². The van der Waals surface area contributed by atoms with Crippen LogP contribution in [0.4, 0.5) is 10.5 Å². The van der Waals surface area contributed by atoms with Gasteiger partial charge in [-0.15, -0.1) is 0 Å². The summed E-state index contributed by atoms with van der Waals surface area (Å²) in [6, 6.07) is 51.6. The minimum Gasteiger partial charge on any atom is -0.487 e. The van der Waals surface area contributed by atoms with Crippen LogP contribution in [-0.4, -0.2) is 81.0 Å². The monoisotopic (exact) mass is 1080 g/mol. The van der Waals surface area contributed by atoms with E-state index in [1.54, 1.807) is 6.07 Å². The van der Waals surface area contributed by atoms with E-state index in [1.807, 2.05) is 121 Å². The van der Waals surface area contributed by atoms with Gasteiger partial charge in [0.2, 0.25) is 17.4 Å². The molecule has 6 aromatic carbocycles. The fourth-order valence-corrected chi connectivity index (χ4v) is 11.0. The number of amides is 3. The number of aromatic amines is 1. The van der Waals surface area contributed by atoms with Crippen molar-refractivity contribution in [2.24, 2.45) is 0 Å². The quantitative estimate of drug-likeness (QED) is 0.0371. The van der Waals surface area contributed by atoms with Gasteiger partial charge >= 0.3 is 6.09 Å². The van der Waals surface area contributed by atoms with Gasteiger partial charge < -0.3 is 39.7 Å². The highest BCUT2D eigenvalue weighted by Crippen LogP contribution is 2.41. The predicted molar refractivity (Wildman–Crippen MR) is 319 cm³/mol. The van der Waals surface area contributed by atoms with Crippen molar-refractivity contribution >= 4 is 42.8 Å². The summed E-state index contributed by atoms with van der Waals surface area (Å²) < 4.78 is 19.2. The Morgan fingerprint density at radius 1 is 0.734 bits per heavy atom. The minimum absolute atomic E-state index is 0.0175. The van der Waals surface area contributed by atoms with E-state index < -0.39 is 14.4 Å². The average molecular weight is 1080 g/mol. The summed E-state index contributed by atoms with van der Waals surface area (Å²) in [6.07, 6.45) is 2.66. The lowest BCUT2D eigenvalue weighted by Crippen LogP contribution is -2.44. The second kappa shape index (κ2) is 27.5. The first kappa shape index (κ1) is 57.8. The molecule has 0 unspecified atom stereocenters. The lowest BCUT2D eigenvalue weighted by Gasteiger charge is -2.40. The van der Waals surface area contributed by atoms with Crippen molar-refractivity contribution in [3.63, 3.8) is 0 Å². The van der Waals surface area contributed by atoms with Crippen LogP contribution in [0.15, 0.2) is 163 Å². The van der Waals surface area contributed by atoms with Crippen LogP contribution in [0.5, 0.6) is 5.75 Å². The molecule has 3 amide bonds. The van der Waals surface area contributed by atoms with E-state index >= 15 is 0 Å². The van der Waals surface area contributed by atoms with Crippen LogP contribution >= 0.6 is 0 Å². The lowest BCUT2D eigenvalue weighted by atomic mass is 10.0. The van der Waals surface area contributed by atoms with Crippen molar-refractivity contribution < 1.29 is 28.3 Å². The van der Waals surface area contributed by atoms with E-state index in [2.05, 4.69) is 102 Å². The summed E-state index contributed by atoms with van der Waals surface area (Å²) in [4.78, 5) is 56.7. The number of nitrogens with one attached hydrogen (secondary N) is 5. The Labute approximate surface area is 467 Å². The Bertz CT molecular complexity index is 3170. The second-order valence-corrected chi connectivity index (χ2v) is 27.1. The molecule has 7 aromatic rings. The number of rotatable bonds is 24. The zero-order valence-electron chi connectivity index (χ0n) is 46.7. The molecular weight excluding hydrogens is 1000 g/mol. The van der Waals surface area contributed by atoms with Gasteiger partial charge in [0.25, 0.3) is 0 Å². The number of aromatic nitrogens is 1. The number of pyridine rings is 1. The van der Waals surface area contributed by atoms with Crippen LogP contribution < -0.4 is 31.6 Å². The number of fused-ring (bicyclic) bond motifs is 1. The van der Waals surface area contributed by atoms with E-state index in [9.17, 15) is 19.2 Å². The number of likely N-dealkylation sites (tertiary alicyclic amines) is 1. The maximum atomic E-state index is 13.0. The number of hydrogen-bond donors (Lipinski definition) is 5. The maximum absolute atomic E-state index is 13.0. The van der Waals surface area contributed by atoms with E-state index in [0.29, 0.717) is 75.4 Å². The molecule has 79 heavy (non-hydrogen) atoms. The molecule has 13 nitrogen and oxygen atoms in total. The first-order chi connectivity index (χ1) is 38.0. The number of ether oxygens (including phenoxy) is 2. The molecule has 14 heteroatoms. The van der Waals surface area contributed by atoms with E-state index in [1.165, 1.54) is 5.56 Å². The van der Waals surface area contributed by atoms with Crippen molar-refractivity contribution in [3.8, 4) is 16.9 Å². The van der Waals surface area contributed by atoms with Crippen molar-refractivity contribution in [2.75, 3.05) is 38.0 Å². The molecule has 2 heterocycles. The number of nitrogens with zero attached hydrogens (tertiary/aromatic N) is 1. The lowest BCUT2D eigenvalue weighted by molar-refractivity contribution is -0.122. The van der Waals surface area contributed by atoms with E-state index in [0.717, 1.165) is 63.8 Å². The fourth-order valence-electron chi connectivity index (χ4n) is 9.70. The fraction of sp³-hybridized carbons (Fsp3) is 0.354. The largest absolute Gasteiger partial charge is 0.487 e. The molecule has 0 saturated carbocycles. The Kier molecular flexibility index (Phi) is 20.1. The van der Waals surface area contributed by atoms with Gasteiger partial charge in [-0.05, 0) is 108 Å². The maximum Gasteiger partial charge on any atom is 0.411 e. The third-order valence-corrected chi connectivity index (χ3v) is 19.7. The van der Waals surface area contributed by atoms with Crippen LogP contribution in [0.3, 0.4) is 0 Å². The first-order valence-corrected chi connectivity index (χ1v) is 30.7. The summed E-state index contributed by atoms with van der Waals surface area (Å²) in [7, 11) is -2.25. The SMILES string of the molecule is C[C@H](Cc1cccc(CCNC(=O)Cc2ccc(CNC(=O)CCN3CCC(OC(=O)Nc4ccccc4-c4ccccc4)CC3)cc2)c1)NC[C@@H](O[Si](C)(C)C(C)(C)C)c1ccc(OCc2ccccc2)c2[nH]c(=O)ccc12. The van der Waals surface area contributed by atoms with Gasteiger partial charge in [0, 0.05) is 68.7 Å². The second-order valence-electron chi connectivity index (χ2n) is 22.3. The van der Waals surface area contributed by atoms with Crippen LogP contribution in [0.1, 0.15) is 86.4 Å². The zero-order valence-corrected chi connectivity index (χ0v) is 47.7. The van der Waals surface area contributed by atoms with Crippen molar-refractivity contribution in [1.82, 2.24) is 25.8 Å². The highest BCUT2D eigenvalue weighted by molar-refractivity contribution is 6.74. The summed E-state index contributed by atoms with van der Waals surface area (Å²) in [5, 5.41) is 13.7. The number of piperidine rings is 1. The first-order valence-electron chi connectivity index (χ1n) is 27.8. The normalized spacial score (nSPS) is 14.1. The van der Waals surface area contributed by atoms with Crippen molar-refractivity contribution in [2.45, 2.75) is 116 Å². The van der Waals surface area contributed by atoms with Gasteiger partial charge in [-0.1, -0.05) is 154 Å². The van der Waals surface area contributed by atoms with Gasteiger partial charge in [-0.2, -0.15) is 0 Å². The molecule has 1 aromatic heterocycles. The van der Waals surface area contributed by atoms with E-state index in [4.69, 9.17) is 13.9 Å². The van der Waals surface area contributed by atoms with Crippen LogP contribution in [0, 0.1) is 0 Å². The van der Waals surface area contributed by atoms with Gasteiger partial charge in [-0.3, -0.25) is 19.7 Å². The number of anilines is 1. The zero-order chi connectivity index (χ0) is 55.8. The Hall–Kier alpha value is -7.36. The molecule has 2 atom stereocenters. The molecular formula is C65H78N6O7Si. The molecule has 0 aliphatic carbocycles. The van der Waals surface area contributed by atoms with Crippen molar-refractivity contribution in [3.05, 3.63) is 201 Å². The average Bonchev–Trinajstić information content (AvgIpc) is 3.52. The predicted octanol–water partition coefficient (Wildman–Crippen LogP) is 11.7. The minimum atomic E-state index is -2.25. The summed E-state index contributed by atoms with van der Waals surface area (Å²) in [6.45, 7) is 17.5. The molecule has 8 rings (SSSR count). The molecule has 1 aliphatic heterocycles. The van der Waals surface area contributed by atoms with Gasteiger partial charge in [0.1, 0.15) is 18.5 Å². The van der Waals surface area contributed by atoms with Gasteiger partial charge in [0.15, 0.2) is 8.32 Å². The molecule has 0 radical (unpaired) electrons. The molecule has 414 valence electrons. The van der Waals surface area contributed by atoms with Crippen molar-refractivity contribution in [1.29, 1.82) is 0 Å². The third kappa shape index (κ3) is 17.1. The number of para-hydroxylation sites is 1. The number of carbonyl (C=O) groups excluding carboxylic acids is 3. The number of H-pyrrole nitrogens is 1. The highest BCUT2D eigenvalue weighted by Gasteiger charge is 2.40. The smallest absolute Gasteiger partial charge is 0.411 e. The molecule has 1 aliphatic rings. The van der Waals surface area contributed by atoms with Crippen LogP contribution in [0.25, 0.3) is 22.0 Å². The van der Waals surface area contributed by atoms with Crippen LogP contribution in [0.2, 0.25) is 18.1 Å². The molecule has 0 spiro atoms. The Balaban J connectivity index is 0.738. The summed E-state index contributed by atoms with van der Waals surface area (Å²) in [5.41, 5.74) is 9.41. The molecule has 5 N–H and O–H groups in total. The highest BCUT2D eigenvalue weighted by atomic mass is 28.4. The Morgan fingerprint density at radius 3 is 2.16 bits per heavy atom. The molecule has 1 saturated heterocycles. The number of benzene rings is 6. The van der Waals surface area contributed by atoms with Gasteiger partial charge in [-0.25, -0.2) is 4.79 Å².